The summed E-state index contributed by atoms with van der Waals surface area (Å²) in [6.45, 7) is 8.94. The topological polar surface area (TPSA) is 126 Å². The third-order valence-corrected chi connectivity index (χ3v) is 4.10. The largest absolute Gasteiger partial charge is 0.462 e. The quantitative estimate of drug-likeness (QED) is 0.381. The van der Waals surface area contributed by atoms with Gasteiger partial charge < -0.3 is 19.4 Å². The zero-order valence-electron chi connectivity index (χ0n) is 16.6. The molecule has 150 valence electrons. The maximum absolute atomic E-state index is 12.3. The Hall–Kier alpha value is -3.36. The van der Waals surface area contributed by atoms with E-state index in [-0.39, 0.29) is 36.1 Å². The number of hydrogen-bond donors (Lipinski definition) is 3. The second-order valence-electron chi connectivity index (χ2n) is 6.03. The number of amides is 1. The Bertz CT molecular complexity index is 904. The number of esters is 2. The lowest BCUT2D eigenvalue weighted by atomic mass is 10.1. The van der Waals surface area contributed by atoms with Crippen LogP contribution in [0.25, 0.3) is 0 Å². The van der Waals surface area contributed by atoms with Crippen molar-refractivity contribution in [3.63, 3.8) is 0 Å². The third kappa shape index (κ3) is 4.30. The number of rotatable bonds is 7. The van der Waals surface area contributed by atoms with Crippen LogP contribution in [0.4, 0.5) is 0 Å². The molecule has 0 saturated heterocycles. The highest BCUT2D eigenvalue weighted by molar-refractivity contribution is 6.04. The van der Waals surface area contributed by atoms with Crippen LogP contribution in [0.1, 0.15) is 67.6 Å². The maximum Gasteiger partial charge on any atom is 0.355 e. The standard InChI is InChI=1S/C19H24N4O5/c1-6-27-18(25)15-11(4)16(19(26)28-7-2)22-13(15)9-21-23-17(24)14-10(3)8-20-12(14)5/h8-9,20,22H,6-7H2,1-5H3,(H,23,24)/b21-9+. The zero-order chi connectivity index (χ0) is 20.8. The van der Waals surface area contributed by atoms with Crippen LogP contribution >= 0.6 is 0 Å². The summed E-state index contributed by atoms with van der Waals surface area (Å²) in [5, 5.41) is 3.91. The fourth-order valence-corrected chi connectivity index (χ4v) is 2.81. The summed E-state index contributed by atoms with van der Waals surface area (Å²) in [5.41, 5.74) is 5.35. The lowest BCUT2D eigenvalue weighted by Gasteiger charge is -2.03. The first kappa shape index (κ1) is 20.9. The number of nitrogens with one attached hydrogen (secondary N) is 3. The molecule has 0 unspecified atom stereocenters. The molecular weight excluding hydrogens is 364 g/mol. The number of aromatic amines is 2. The minimum Gasteiger partial charge on any atom is -0.462 e. The van der Waals surface area contributed by atoms with Crippen LogP contribution < -0.4 is 5.43 Å². The SMILES string of the molecule is CCOC(=O)c1[nH]c(/C=N/NC(=O)c2c(C)c[nH]c2C)c(C(=O)OCC)c1C. The molecular formula is C19H24N4O5. The zero-order valence-corrected chi connectivity index (χ0v) is 16.6. The van der Waals surface area contributed by atoms with Crippen molar-refractivity contribution in [3.8, 4) is 0 Å². The first-order valence-electron chi connectivity index (χ1n) is 8.86. The van der Waals surface area contributed by atoms with Crippen molar-refractivity contribution in [1.82, 2.24) is 15.4 Å². The number of aryl methyl sites for hydroxylation is 2. The molecule has 1 amide bonds. The van der Waals surface area contributed by atoms with Crippen molar-refractivity contribution in [2.24, 2.45) is 5.10 Å². The summed E-state index contributed by atoms with van der Waals surface area (Å²) < 4.78 is 10.1. The van der Waals surface area contributed by atoms with E-state index < -0.39 is 11.9 Å². The smallest absolute Gasteiger partial charge is 0.355 e. The fourth-order valence-electron chi connectivity index (χ4n) is 2.81. The highest BCUT2D eigenvalue weighted by Gasteiger charge is 2.25. The third-order valence-electron chi connectivity index (χ3n) is 4.10. The van der Waals surface area contributed by atoms with Gasteiger partial charge >= 0.3 is 11.9 Å². The highest BCUT2D eigenvalue weighted by atomic mass is 16.5. The normalized spacial score (nSPS) is 10.9. The minimum atomic E-state index is -0.600. The molecule has 0 atom stereocenters. The predicted molar refractivity (Wildman–Crippen MR) is 103 cm³/mol. The molecule has 0 bridgehead atoms. The molecule has 0 spiro atoms. The van der Waals surface area contributed by atoms with Crippen LogP contribution in [-0.4, -0.2) is 47.2 Å². The van der Waals surface area contributed by atoms with Crippen molar-refractivity contribution in [1.29, 1.82) is 0 Å². The van der Waals surface area contributed by atoms with E-state index in [1.807, 2.05) is 0 Å². The summed E-state index contributed by atoms with van der Waals surface area (Å²) >= 11 is 0. The van der Waals surface area contributed by atoms with Crippen LogP contribution in [0, 0.1) is 20.8 Å². The van der Waals surface area contributed by atoms with Crippen molar-refractivity contribution in [2.45, 2.75) is 34.6 Å². The number of hydrogen-bond acceptors (Lipinski definition) is 6. The number of carbonyl (C=O) groups excluding carboxylic acids is 3. The molecule has 3 N–H and O–H groups in total. The number of carbonyl (C=O) groups is 3. The van der Waals surface area contributed by atoms with E-state index in [0.717, 1.165) is 11.3 Å². The number of aromatic nitrogens is 2. The number of ether oxygens (including phenoxy) is 2. The number of H-pyrrole nitrogens is 2. The van der Waals surface area contributed by atoms with Gasteiger partial charge in [0.25, 0.3) is 5.91 Å². The summed E-state index contributed by atoms with van der Waals surface area (Å²) in [7, 11) is 0. The second kappa shape index (κ2) is 9.03. The monoisotopic (exact) mass is 388 g/mol. The molecule has 0 fully saturated rings. The van der Waals surface area contributed by atoms with Crippen LogP contribution in [-0.2, 0) is 9.47 Å². The second-order valence-corrected chi connectivity index (χ2v) is 6.03. The number of hydrazone groups is 1. The van der Waals surface area contributed by atoms with Gasteiger partial charge in [-0.1, -0.05) is 0 Å². The van der Waals surface area contributed by atoms with E-state index in [2.05, 4.69) is 20.5 Å². The van der Waals surface area contributed by atoms with Gasteiger partial charge in [0.05, 0.1) is 36.2 Å². The first-order chi connectivity index (χ1) is 13.3. The Kier molecular flexibility index (Phi) is 6.75. The number of nitrogens with zero attached hydrogens (tertiary/aromatic N) is 1. The molecule has 0 radical (unpaired) electrons. The van der Waals surface area contributed by atoms with Crippen molar-refractivity contribution >= 4 is 24.1 Å². The molecule has 2 heterocycles. The minimum absolute atomic E-state index is 0.134. The summed E-state index contributed by atoms with van der Waals surface area (Å²) in [5.74, 6) is -1.58. The average Bonchev–Trinajstić information content (AvgIpc) is 3.14. The van der Waals surface area contributed by atoms with Crippen molar-refractivity contribution in [2.75, 3.05) is 13.2 Å². The van der Waals surface area contributed by atoms with Crippen LogP contribution in [0.2, 0.25) is 0 Å². The Morgan fingerprint density at radius 2 is 1.71 bits per heavy atom. The van der Waals surface area contributed by atoms with Crippen molar-refractivity contribution < 1.29 is 23.9 Å². The Balaban J connectivity index is 2.31. The van der Waals surface area contributed by atoms with E-state index in [4.69, 9.17) is 9.47 Å². The molecule has 9 nitrogen and oxygen atoms in total. The van der Waals surface area contributed by atoms with Gasteiger partial charge in [0.2, 0.25) is 0 Å². The van der Waals surface area contributed by atoms with Gasteiger partial charge in [0, 0.05) is 11.9 Å². The summed E-state index contributed by atoms with van der Waals surface area (Å²) in [6.07, 6.45) is 2.99. The summed E-state index contributed by atoms with van der Waals surface area (Å²) in [4.78, 5) is 42.5. The lowest BCUT2D eigenvalue weighted by molar-refractivity contribution is 0.0518. The first-order valence-corrected chi connectivity index (χ1v) is 8.86. The maximum atomic E-state index is 12.3. The highest BCUT2D eigenvalue weighted by Crippen LogP contribution is 2.19. The van der Waals surface area contributed by atoms with E-state index in [1.165, 1.54) is 6.21 Å². The van der Waals surface area contributed by atoms with Gasteiger partial charge in [0.1, 0.15) is 5.69 Å². The Morgan fingerprint density at radius 1 is 1.07 bits per heavy atom. The van der Waals surface area contributed by atoms with E-state index in [9.17, 15) is 14.4 Å². The summed E-state index contributed by atoms with van der Waals surface area (Å²) in [6, 6.07) is 0. The molecule has 0 aliphatic heterocycles. The molecule has 2 rings (SSSR count). The lowest BCUT2D eigenvalue weighted by Crippen LogP contribution is -2.19. The predicted octanol–water partition coefficient (Wildman–Crippen LogP) is 2.39. The van der Waals surface area contributed by atoms with Crippen LogP contribution in [0.3, 0.4) is 0 Å². The van der Waals surface area contributed by atoms with Gasteiger partial charge in [-0.15, -0.1) is 0 Å². The molecule has 9 heteroatoms. The molecule has 0 aliphatic rings. The van der Waals surface area contributed by atoms with Gasteiger partial charge in [0.15, 0.2) is 0 Å². The molecule has 0 aliphatic carbocycles. The molecule has 0 aromatic carbocycles. The van der Waals surface area contributed by atoms with E-state index in [1.54, 1.807) is 40.8 Å². The molecule has 28 heavy (non-hydrogen) atoms. The fraction of sp³-hybridized carbons (Fsp3) is 0.368. The van der Waals surface area contributed by atoms with E-state index in [0.29, 0.717) is 11.1 Å². The Morgan fingerprint density at radius 3 is 2.29 bits per heavy atom. The van der Waals surface area contributed by atoms with Gasteiger partial charge in [-0.25, -0.2) is 15.0 Å². The average molecular weight is 388 g/mol. The Labute approximate surface area is 162 Å². The van der Waals surface area contributed by atoms with Crippen LogP contribution in [0.15, 0.2) is 11.3 Å². The van der Waals surface area contributed by atoms with Gasteiger partial charge in [-0.3, -0.25) is 4.79 Å². The van der Waals surface area contributed by atoms with Crippen molar-refractivity contribution in [3.05, 3.63) is 45.5 Å². The molecule has 0 saturated carbocycles. The van der Waals surface area contributed by atoms with Crippen LogP contribution in [0.5, 0.6) is 0 Å². The van der Waals surface area contributed by atoms with E-state index >= 15 is 0 Å². The van der Waals surface area contributed by atoms with Gasteiger partial charge in [-0.2, -0.15) is 5.10 Å². The van der Waals surface area contributed by atoms with Gasteiger partial charge in [-0.05, 0) is 45.7 Å². The molecule has 2 aromatic rings. The molecule has 2 aromatic heterocycles.